The number of rotatable bonds is 8. The van der Waals surface area contributed by atoms with E-state index in [0.717, 1.165) is 28.1 Å². The van der Waals surface area contributed by atoms with Gasteiger partial charge in [0.2, 0.25) is 11.8 Å². The number of thioether (sulfide) groups is 1. The third-order valence-corrected chi connectivity index (χ3v) is 8.59. The number of hydrogen-bond acceptors (Lipinski definition) is 6. The number of ether oxygens (including phenoxy) is 1. The molecule has 0 spiro atoms. The van der Waals surface area contributed by atoms with Gasteiger partial charge in [0.15, 0.2) is 0 Å². The van der Waals surface area contributed by atoms with Crippen LogP contribution in [0.1, 0.15) is 30.2 Å². The van der Waals surface area contributed by atoms with Gasteiger partial charge in [-0.3, -0.25) is 14.5 Å². The quantitative estimate of drug-likeness (QED) is 0.268. The molecule has 39 heavy (non-hydrogen) atoms. The molecule has 202 valence electrons. The Labute approximate surface area is 241 Å². The highest BCUT2D eigenvalue weighted by molar-refractivity contribution is 8.00. The summed E-state index contributed by atoms with van der Waals surface area (Å²) in [5.41, 5.74) is 4.35. The zero-order valence-electron chi connectivity index (χ0n) is 21.9. The van der Waals surface area contributed by atoms with Gasteiger partial charge in [0.05, 0.1) is 29.5 Å². The number of benzene rings is 2. The van der Waals surface area contributed by atoms with E-state index in [0.29, 0.717) is 29.1 Å². The molecule has 1 atom stereocenters. The Morgan fingerprint density at radius 2 is 1.90 bits per heavy atom. The Kier molecular flexibility index (Phi) is 8.30. The van der Waals surface area contributed by atoms with Crippen LogP contribution in [0, 0.1) is 5.92 Å². The molecule has 0 bridgehead atoms. The van der Waals surface area contributed by atoms with Crippen LogP contribution in [0.2, 0.25) is 5.02 Å². The molecule has 2 aromatic heterocycles. The molecule has 0 saturated carbocycles. The number of hydrogen-bond donors (Lipinski definition) is 1. The van der Waals surface area contributed by atoms with E-state index in [-0.39, 0.29) is 29.4 Å². The molecule has 5 rings (SSSR count). The largest absolute Gasteiger partial charge is 0.497 e. The highest BCUT2D eigenvalue weighted by Crippen LogP contribution is 2.49. The average Bonchev–Trinajstić information content (AvgIpc) is 3.58. The lowest BCUT2D eigenvalue weighted by Crippen LogP contribution is -2.43. The van der Waals surface area contributed by atoms with E-state index in [9.17, 15) is 9.59 Å². The number of methoxy groups -OCH3 is 1. The summed E-state index contributed by atoms with van der Waals surface area (Å²) in [5.74, 6) is 1.48. The van der Waals surface area contributed by atoms with Crippen molar-refractivity contribution < 1.29 is 14.3 Å². The number of anilines is 1. The smallest absolute Gasteiger partial charge is 0.240 e. The second-order valence-corrected chi connectivity index (χ2v) is 11.9. The normalized spacial score (nSPS) is 15.3. The lowest BCUT2D eigenvalue weighted by Gasteiger charge is -2.23. The van der Waals surface area contributed by atoms with Crippen LogP contribution in [-0.2, 0) is 9.59 Å². The van der Waals surface area contributed by atoms with Gasteiger partial charge in [-0.25, -0.2) is 4.68 Å². The third-order valence-electron chi connectivity index (χ3n) is 6.38. The predicted molar refractivity (Wildman–Crippen MR) is 159 cm³/mol. The summed E-state index contributed by atoms with van der Waals surface area (Å²) in [4.78, 5) is 28.3. The fourth-order valence-electron chi connectivity index (χ4n) is 4.45. The van der Waals surface area contributed by atoms with Gasteiger partial charge < -0.3 is 10.1 Å². The number of nitrogens with zero attached hydrogens (tertiary/aromatic N) is 3. The number of carbonyl (C=O) groups excluding carboxylic acids is 2. The lowest BCUT2D eigenvalue weighted by atomic mass is 10.0. The SMILES string of the molecule is COc1ccc(-n2nc(-c3ccc(Cl)cc3)c3c2N(CC(=O)NCC(C)C)C(=O)CSC3c2ccsc2)cc1. The molecule has 1 unspecified atom stereocenters. The fraction of sp³-hybridized carbons (Fsp3) is 0.276. The van der Waals surface area contributed by atoms with E-state index in [4.69, 9.17) is 21.4 Å². The summed E-state index contributed by atoms with van der Waals surface area (Å²) in [6.45, 7) is 4.51. The topological polar surface area (TPSA) is 76.5 Å². The first-order valence-electron chi connectivity index (χ1n) is 12.6. The van der Waals surface area contributed by atoms with E-state index in [1.807, 2.05) is 67.8 Å². The monoisotopic (exact) mass is 580 g/mol. The van der Waals surface area contributed by atoms with Gasteiger partial charge in [0, 0.05) is 22.7 Å². The van der Waals surface area contributed by atoms with Crippen molar-refractivity contribution in [2.45, 2.75) is 19.1 Å². The molecule has 2 amide bonds. The molecule has 1 aliphatic heterocycles. The van der Waals surface area contributed by atoms with E-state index in [2.05, 4.69) is 16.8 Å². The predicted octanol–water partition coefficient (Wildman–Crippen LogP) is 6.20. The number of amides is 2. The lowest BCUT2D eigenvalue weighted by molar-refractivity contribution is -0.123. The van der Waals surface area contributed by atoms with Crippen molar-refractivity contribution in [3.05, 3.63) is 81.5 Å². The Bertz CT molecular complexity index is 1450. The van der Waals surface area contributed by atoms with E-state index >= 15 is 0 Å². The molecule has 4 aromatic rings. The van der Waals surface area contributed by atoms with Crippen molar-refractivity contribution in [3.8, 4) is 22.7 Å². The van der Waals surface area contributed by atoms with Gasteiger partial charge in [0.1, 0.15) is 18.1 Å². The standard InChI is InChI=1S/C29H29ClN4O3S2/c1-18(2)14-31-24(35)15-33-25(36)17-39-28(20-12-13-38-16-20)26-27(19-4-6-21(30)7-5-19)32-34(29(26)33)22-8-10-23(37-3)11-9-22/h4-13,16,18,28H,14-15,17H2,1-3H3,(H,31,35). The van der Waals surface area contributed by atoms with Crippen molar-refractivity contribution >= 4 is 52.3 Å². The third kappa shape index (κ3) is 5.85. The van der Waals surface area contributed by atoms with Crippen LogP contribution in [0.3, 0.4) is 0 Å². The molecule has 0 saturated heterocycles. The summed E-state index contributed by atoms with van der Waals surface area (Å²) >= 11 is 9.39. The molecule has 0 fully saturated rings. The second kappa shape index (κ2) is 11.9. The van der Waals surface area contributed by atoms with Gasteiger partial charge >= 0.3 is 0 Å². The van der Waals surface area contributed by atoms with Crippen LogP contribution in [0.4, 0.5) is 5.82 Å². The summed E-state index contributed by atoms with van der Waals surface area (Å²) < 4.78 is 7.14. The maximum absolute atomic E-state index is 13.7. The zero-order valence-corrected chi connectivity index (χ0v) is 24.3. The van der Waals surface area contributed by atoms with E-state index in [1.54, 1.807) is 39.8 Å². The molecule has 2 aromatic carbocycles. The molecule has 10 heteroatoms. The molecule has 0 radical (unpaired) electrons. The molecule has 7 nitrogen and oxygen atoms in total. The Morgan fingerprint density at radius 3 is 2.54 bits per heavy atom. The zero-order chi connectivity index (χ0) is 27.5. The van der Waals surface area contributed by atoms with Crippen LogP contribution >= 0.6 is 34.7 Å². The summed E-state index contributed by atoms with van der Waals surface area (Å²) in [6, 6.07) is 17.1. The maximum Gasteiger partial charge on any atom is 0.240 e. The van der Waals surface area contributed by atoms with Crippen LogP contribution < -0.4 is 15.0 Å². The van der Waals surface area contributed by atoms with E-state index in [1.165, 1.54) is 0 Å². The first-order valence-corrected chi connectivity index (χ1v) is 15.0. The fourth-order valence-corrected chi connectivity index (χ4v) is 6.53. The first-order chi connectivity index (χ1) is 18.9. The van der Waals surface area contributed by atoms with Gasteiger partial charge in [0.25, 0.3) is 0 Å². The van der Waals surface area contributed by atoms with Gasteiger partial charge in [-0.05, 0) is 64.7 Å². The first kappa shape index (κ1) is 27.3. The maximum atomic E-state index is 13.7. The number of carbonyl (C=O) groups is 2. The van der Waals surface area contributed by atoms with Crippen LogP contribution in [0.5, 0.6) is 5.75 Å². The summed E-state index contributed by atoms with van der Waals surface area (Å²) in [5, 5.41) is 12.7. The molecule has 1 aliphatic rings. The van der Waals surface area contributed by atoms with Crippen LogP contribution in [0.25, 0.3) is 16.9 Å². The second-order valence-electron chi connectivity index (χ2n) is 9.63. The minimum absolute atomic E-state index is 0.0998. The number of aromatic nitrogens is 2. The number of halogens is 1. The average molecular weight is 581 g/mol. The van der Waals surface area contributed by atoms with Crippen molar-refractivity contribution in [2.24, 2.45) is 5.92 Å². The highest BCUT2D eigenvalue weighted by Gasteiger charge is 2.37. The number of thiophene rings is 1. The van der Waals surface area contributed by atoms with Crippen molar-refractivity contribution in [2.75, 3.05) is 30.9 Å². The molecular formula is C29H29ClN4O3S2. The minimum Gasteiger partial charge on any atom is -0.497 e. The van der Waals surface area contributed by atoms with Gasteiger partial charge in [-0.15, -0.1) is 11.8 Å². The van der Waals surface area contributed by atoms with Gasteiger partial charge in [-0.2, -0.15) is 16.4 Å². The van der Waals surface area contributed by atoms with Crippen molar-refractivity contribution in [1.82, 2.24) is 15.1 Å². The summed E-state index contributed by atoms with van der Waals surface area (Å²) in [7, 11) is 1.62. The van der Waals surface area contributed by atoms with Crippen molar-refractivity contribution in [1.29, 1.82) is 0 Å². The van der Waals surface area contributed by atoms with Crippen molar-refractivity contribution in [3.63, 3.8) is 0 Å². The Hall–Kier alpha value is -3.27. The molecule has 3 heterocycles. The minimum atomic E-state index is -0.211. The highest BCUT2D eigenvalue weighted by atomic mass is 35.5. The molecule has 0 aliphatic carbocycles. The summed E-state index contributed by atoms with van der Waals surface area (Å²) in [6.07, 6.45) is 0. The number of nitrogens with one attached hydrogen (secondary N) is 1. The van der Waals surface area contributed by atoms with E-state index < -0.39 is 0 Å². The number of fused-ring (bicyclic) bond motifs is 1. The Balaban J connectivity index is 1.74. The van der Waals surface area contributed by atoms with Gasteiger partial charge in [-0.1, -0.05) is 37.6 Å². The van der Waals surface area contributed by atoms with Crippen LogP contribution in [0.15, 0.2) is 65.4 Å². The molecule has 1 N–H and O–H groups in total. The Morgan fingerprint density at radius 1 is 1.15 bits per heavy atom. The molecular weight excluding hydrogens is 552 g/mol. The van der Waals surface area contributed by atoms with Crippen LogP contribution in [-0.4, -0.2) is 47.5 Å².